The van der Waals surface area contributed by atoms with Crippen LogP contribution in [-0.2, 0) is 9.53 Å². The Bertz CT molecular complexity index is 756. The number of rotatable bonds is 4. The van der Waals surface area contributed by atoms with Crippen LogP contribution in [0, 0.1) is 28.6 Å². The maximum absolute atomic E-state index is 12.2. The minimum Gasteiger partial charge on any atom is -0.465 e. The first-order valence-corrected chi connectivity index (χ1v) is 12.1. The maximum atomic E-state index is 12.2. The molecule has 4 heteroatoms. The van der Waals surface area contributed by atoms with Gasteiger partial charge in [-0.1, -0.05) is 38.2 Å². The summed E-state index contributed by atoms with van der Waals surface area (Å²) in [6.45, 7) is 14.9. The minimum atomic E-state index is -0.641. The molecule has 0 spiro atoms. The molecule has 0 aromatic heterocycles. The van der Waals surface area contributed by atoms with Gasteiger partial charge in [-0.2, -0.15) is 0 Å². The Balaban J connectivity index is 1.72. The predicted molar refractivity (Wildman–Crippen MR) is 124 cm³/mol. The zero-order valence-electron chi connectivity index (χ0n) is 20.1. The van der Waals surface area contributed by atoms with Gasteiger partial charge < -0.3 is 14.9 Å². The van der Waals surface area contributed by atoms with Crippen molar-refractivity contribution in [2.75, 3.05) is 6.61 Å². The van der Waals surface area contributed by atoms with E-state index in [0.29, 0.717) is 37.2 Å². The van der Waals surface area contributed by atoms with Gasteiger partial charge in [0, 0.05) is 6.42 Å². The number of hydrogen-bond acceptors (Lipinski definition) is 4. The summed E-state index contributed by atoms with van der Waals surface area (Å²) < 4.78 is 5.67. The molecule has 4 nitrogen and oxygen atoms in total. The molecule has 0 aliphatic heterocycles. The molecule has 3 aliphatic carbocycles. The lowest BCUT2D eigenvalue weighted by Crippen LogP contribution is -2.37. The summed E-state index contributed by atoms with van der Waals surface area (Å²) in [5.41, 5.74) is 2.99. The minimum absolute atomic E-state index is 0.119. The van der Waals surface area contributed by atoms with Gasteiger partial charge in [-0.25, -0.2) is 0 Å². The van der Waals surface area contributed by atoms with Crippen LogP contribution in [-0.4, -0.2) is 35.0 Å². The number of fused-ring (bicyclic) bond motifs is 1. The van der Waals surface area contributed by atoms with E-state index in [9.17, 15) is 15.0 Å². The predicted octanol–water partition coefficient (Wildman–Crippen LogP) is 5.35. The Kier molecular flexibility index (Phi) is 7.22. The average Bonchev–Trinajstić information content (AvgIpc) is 3.04. The highest BCUT2D eigenvalue weighted by Crippen LogP contribution is 2.59. The lowest BCUT2D eigenvalue weighted by molar-refractivity contribution is -0.155. The van der Waals surface area contributed by atoms with E-state index in [4.69, 9.17) is 4.74 Å². The molecule has 1 unspecified atom stereocenters. The smallest absolute Gasteiger partial charge is 0.311 e. The van der Waals surface area contributed by atoms with Crippen molar-refractivity contribution < 1.29 is 19.7 Å². The van der Waals surface area contributed by atoms with E-state index in [1.54, 1.807) is 0 Å². The summed E-state index contributed by atoms with van der Waals surface area (Å²) in [6.07, 6.45) is 10.0. The Morgan fingerprint density at radius 2 is 2.00 bits per heavy atom. The van der Waals surface area contributed by atoms with E-state index in [1.165, 1.54) is 31.3 Å². The third-order valence-corrected chi connectivity index (χ3v) is 8.08. The number of aliphatic hydroxyl groups excluding tert-OH is 2. The highest BCUT2D eigenvalue weighted by Gasteiger charge is 2.50. The molecule has 0 aromatic carbocycles. The lowest BCUT2D eigenvalue weighted by Gasteiger charge is -2.44. The van der Waals surface area contributed by atoms with Crippen molar-refractivity contribution in [3.8, 4) is 0 Å². The van der Waals surface area contributed by atoms with E-state index >= 15 is 0 Å². The fourth-order valence-electron chi connectivity index (χ4n) is 6.22. The van der Waals surface area contributed by atoms with Gasteiger partial charge in [-0.05, 0) is 93.6 Å². The molecule has 0 radical (unpaired) electrons. The number of ether oxygens (including phenoxy) is 1. The van der Waals surface area contributed by atoms with E-state index in [0.717, 1.165) is 17.6 Å². The van der Waals surface area contributed by atoms with Crippen LogP contribution in [0.2, 0.25) is 0 Å². The average molecular weight is 431 g/mol. The first-order valence-electron chi connectivity index (χ1n) is 12.1. The summed E-state index contributed by atoms with van der Waals surface area (Å²) in [5, 5.41) is 20.2. The van der Waals surface area contributed by atoms with Crippen LogP contribution in [0.3, 0.4) is 0 Å². The van der Waals surface area contributed by atoms with Crippen molar-refractivity contribution in [2.24, 2.45) is 28.6 Å². The van der Waals surface area contributed by atoms with Crippen LogP contribution < -0.4 is 0 Å². The summed E-state index contributed by atoms with van der Waals surface area (Å²) in [6, 6.07) is 0. The van der Waals surface area contributed by atoms with E-state index in [1.807, 2.05) is 20.8 Å². The van der Waals surface area contributed by atoms with Crippen LogP contribution in [0.5, 0.6) is 0 Å². The third kappa shape index (κ3) is 5.17. The molecule has 0 saturated heterocycles. The molecule has 3 rings (SSSR count). The van der Waals surface area contributed by atoms with Crippen LogP contribution in [0.1, 0.15) is 79.6 Å². The Labute approximate surface area is 188 Å². The first kappa shape index (κ1) is 24.3. The molecule has 174 valence electrons. The second-order valence-corrected chi connectivity index (χ2v) is 11.5. The molecule has 0 heterocycles. The van der Waals surface area contributed by atoms with Gasteiger partial charge >= 0.3 is 5.97 Å². The van der Waals surface area contributed by atoms with E-state index < -0.39 is 17.6 Å². The molecule has 3 saturated carbocycles. The van der Waals surface area contributed by atoms with Crippen molar-refractivity contribution in [3.63, 3.8) is 0 Å². The SMILES string of the molecule is C=C1C(=CC=C2CCC[C@@]3(C)C2CC[C@@H]3[C@@H](C)COC(=O)C(C)(C)C)C[C@@H](O)C[C@@H]1O. The van der Waals surface area contributed by atoms with E-state index in [2.05, 4.69) is 32.6 Å². The van der Waals surface area contributed by atoms with Gasteiger partial charge in [0.1, 0.15) is 0 Å². The van der Waals surface area contributed by atoms with Crippen LogP contribution in [0.4, 0.5) is 0 Å². The molecule has 3 aliphatic rings. The lowest BCUT2D eigenvalue weighted by atomic mass is 9.61. The van der Waals surface area contributed by atoms with E-state index in [-0.39, 0.29) is 11.4 Å². The van der Waals surface area contributed by atoms with Gasteiger partial charge in [0.2, 0.25) is 0 Å². The number of hydrogen-bond donors (Lipinski definition) is 2. The monoisotopic (exact) mass is 430 g/mol. The molecule has 0 aromatic rings. The number of allylic oxidation sites excluding steroid dienone is 3. The molecule has 6 atom stereocenters. The summed E-state index contributed by atoms with van der Waals surface area (Å²) >= 11 is 0. The Morgan fingerprint density at radius 3 is 2.68 bits per heavy atom. The molecule has 0 amide bonds. The zero-order chi connectivity index (χ0) is 23.0. The maximum Gasteiger partial charge on any atom is 0.311 e. The highest BCUT2D eigenvalue weighted by molar-refractivity contribution is 5.75. The Hall–Kier alpha value is -1.39. The molecular weight excluding hydrogens is 388 g/mol. The number of aliphatic hydroxyl groups is 2. The summed E-state index contributed by atoms with van der Waals surface area (Å²) in [4.78, 5) is 12.2. The Morgan fingerprint density at radius 1 is 1.29 bits per heavy atom. The van der Waals surface area contributed by atoms with Crippen molar-refractivity contribution in [2.45, 2.75) is 91.8 Å². The van der Waals surface area contributed by atoms with Crippen LogP contribution in [0.25, 0.3) is 0 Å². The number of carbonyl (C=O) groups is 1. The second kappa shape index (κ2) is 9.23. The summed E-state index contributed by atoms with van der Waals surface area (Å²) in [7, 11) is 0. The molecular formula is C27H42O4. The van der Waals surface area contributed by atoms with Crippen molar-refractivity contribution in [3.05, 3.63) is 35.5 Å². The van der Waals surface area contributed by atoms with Gasteiger partial charge in [0.25, 0.3) is 0 Å². The first-order chi connectivity index (χ1) is 14.4. The molecule has 2 N–H and O–H groups in total. The normalized spacial score (nSPS) is 37.7. The standard InChI is InChI=1S/C27H42O4/c1-17(16-31-25(30)26(3,4)5)22-11-12-23-19(8-7-13-27(22,23)6)9-10-20-14-21(28)15-24(29)18(20)2/h9-10,17,21-24,28-29H,2,7-8,11-16H2,1,3-6H3/t17-,21+,22+,23?,24-,27+/m0/s1. The third-order valence-electron chi connectivity index (χ3n) is 8.08. The largest absolute Gasteiger partial charge is 0.465 e. The zero-order valence-corrected chi connectivity index (χ0v) is 20.1. The quantitative estimate of drug-likeness (QED) is 0.590. The summed E-state index contributed by atoms with van der Waals surface area (Å²) in [5.74, 6) is 1.33. The van der Waals surface area contributed by atoms with Gasteiger partial charge in [0.15, 0.2) is 0 Å². The number of carbonyl (C=O) groups excluding carboxylic acids is 1. The fraction of sp³-hybridized carbons (Fsp3) is 0.741. The number of esters is 1. The second-order valence-electron chi connectivity index (χ2n) is 11.5. The molecule has 31 heavy (non-hydrogen) atoms. The van der Waals surface area contributed by atoms with Crippen LogP contribution in [0.15, 0.2) is 35.5 Å². The highest BCUT2D eigenvalue weighted by atomic mass is 16.5. The molecule has 3 fully saturated rings. The van der Waals surface area contributed by atoms with Gasteiger partial charge in [-0.15, -0.1) is 0 Å². The fourth-order valence-corrected chi connectivity index (χ4v) is 6.22. The molecule has 0 bridgehead atoms. The van der Waals surface area contributed by atoms with Crippen LogP contribution >= 0.6 is 0 Å². The van der Waals surface area contributed by atoms with Crippen molar-refractivity contribution in [1.82, 2.24) is 0 Å². The van der Waals surface area contributed by atoms with Gasteiger partial charge in [-0.3, -0.25) is 4.79 Å². The topological polar surface area (TPSA) is 66.8 Å². The van der Waals surface area contributed by atoms with Gasteiger partial charge in [0.05, 0.1) is 24.2 Å². The van der Waals surface area contributed by atoms with Crippen molar-refractivity contribution in [1.29, 1.82) is 0 Å². The van der Waals surface area contributed by atoms with Crippen molar-refractivity contribution >= 4 is 5.97 Å².